The van der Waals surface area contributed by atoms with Crippen LogP contribution in [-0.4, -0.2) is 17.0 Å². The van der Waals surface area contributed by atoms with Crippen LogP contribution >= 0.6 is 15.9 Å². The minimum absolute atomic E-state index is 0.0659. The van der Waals surface area contributed by atoms with Crippen LogP contribution in [0, 0.1) is 34.5 Å². The van der Waals surface area contributed by atoms with Gasteiger partial charge in [0.2, 0.25) is 0 Å². The molecular formula is C19H25BrO2. The maximum atomic E-state index is 12.0. The Kier molecular flexibility index (Phi) is 2.76. The number of ketones is 1. The van der Waals surface area contributed by atoms with Gasteiger partial charge in [0.05, 0.1) is 10.6 Å². The van der Waals surface area contributed by atoms with E-state index in [1.807, 2.05) is 0 Å². The lowest BCUT2D eigenvalue weighted by Crippen LogP contribution is -2.50. The molecule has 1 N–H and O–H groups in total. The van der Waals surface area contributed by atoms with Gasteiger partial charge in [-0.05, 0) is 101 Å². The van der Waals surface area contributed by atoms with Gasteiger partial charge in [0.1, 0.15) is 0 Å². The summed E-state index contributed by atoms with van der Waals surface area (Å²) in [5, 5.41) is 10.6. The molecule has 0 aromatic carbocycles. The lowest BCUT2D eigenvalue weighted by Gasteiger charge is -2.55. The molecule has 4 saturated carbocycles. The summed E-state index contributed by atoms with van der Waals surface area (Å²) in [6.07, 6.45) is 8.97. The van der Waals surface area contributed by atoms with Crippen molar-refractivity contribution in [1.29, 1.82) is 0 Å². The van der Waals surface area contributed by atoms with Crippen molar-refractivity contribution in [3.8, 4) is 0 Å². The number of hydrogen-bond acceptors (Lipinski definition) is 2. The second kappa shape index (κ2) is 4.27. The molecule has 5 aliphatic rings. The average molecular weight is 365 g/mol. The smallest absolute Gasteiger partial charge is 0.169 e. The van der Waals surface area contributed by atoms with E-state index in [0.29, 0.717) is 17.1 Å². The highest BCUT2D eigenvalue weighted by atomic mass is 79.9. The Labute approximate surface area is 140 Å². The van der Waals surface area contributed by atoms with Crippen molar-refractivity contribution in [2.24, 2.45) is 34.5 Å². The molecule has 0 radical (unpaired) electrons. The van der Waals surface area contributed by atoms with Crippen LogP contribution in [0.5, 0.6) is 0 Å². The van der Waals surface area contributed by atoms with E-state index in [1.54, 1.807) is 0 Å². The number of aliphatic hydroxyl groups is 1. The minimum atomic E-state index is -0.0659. The van der Waals surface area contributed by atoms with Gasteiger partial charge in [-0.2, -0.15) is 0 Å². The van der Waals surface area contributed by atoms with Crippen molar-refractivity contribution in [2.75, 3.05) is 0 Å². The Morgan fingerprint density at radius 3 is 2.86 bits per heavy atom. The first-order chi connectivity index (χ1) is 10.5. The maximum Gasteiger partial charge on any atom is 0.169 e. The minimum Gasteiger partial charge on any atom is -0.393 e. The zero-order valence-electron chi connectivity index (χ0n) is 13.3. The summed E-state index contributed by atoms with van der Waals surface area (Å²) in [4.78, 5) is 12.0. The molecule has 120 valence electrons. The molecule has 0 aromatic heterocycles. The number of Topliss-reactive ketones (excluding diaryl/α,β-unsaturated/α-hetero) is 1. The number of halogens is 1. The molecule has 0 heterocycles. The normalized spacial score (nSPS) is 56.1. The Morgan fingerprint density at radius 2 is 2.05 bits per heavy atom. The van der Waals surface area contributed by atoms with Gasteiger partial charge in [-0.1, -0.05) is 6.92 Å². The van der Waals surface area contributed by atoms with Gasteiger partial charge >= 0.3 is 0 Å². The van der Waals surface area contributed by atoms with Crippen molar-refractivity contribution in [1.82, 2.24) is 0 Å². The number of allylic oxidation sites excluding steroid dienone is 1. The summed E-state index contributed by atoms with van der Waals surface area (Å²) in [6, 6.07) is 0. The molecule has 7 atom stereocenters. The summed E-state index contributed by atoms with van der Waals surface area (Å²) in [5.74, 6) is 3.33. The molecule has 0 saturated heterocycles. The SMILES string of the molecule is C[C@]12CC[C@H]3[C@@H](CCC4=C(Br)C(=O)CC[C@@H]43)[C@@]13C[C@H]3C[C@H]2O. The van der Waals surface area contributed by atoms with Gasteiger partial charge < -0.3 is 5.11 Å². The zero-order chi connectivity index (χ0) is 15.3. The van der Waals surface area contributed by atoms with Crippen LogP contribution < -0.4 is 0 Å². The van der Waals surface area contributed by atoms with Crippen LogP contribution in [0.1, 0.15) is 58.3 Å². The molecule has 3 heteroatoms. The highest BCUT2D eigenvalue weighted by molar-refractivity contribution is 9.12. The fraction of sp³-hybridized carbons (Fsp3) is 0.842. The summed E-state index contributed by atoms with van der Waals surface area (Å²) < 4.78 is 0.923. The quantitative estimate of drug-likeness (QED) is 0.698. The summed E-state index contributed by atoms with van der Waals surface area (Å²) in [5.41, 5.74) is 2.07. The van der Waals surface area contributed by atoms with Crippen molar-refractivity contribution >= 4 is 21.7 Å². The van der Waals surface area contributed by atoms with E-state index in [-0.39, 0.29) is 11.5 Å². The zero-order valence-corrected chi connectivity index (χ0v) is 14.9. The number of hydrogen-bond donors (Lipinski definition) is 1. The van der Waals surface area contributed by atoms with Crippen LogP contribution in [0.2, 0.25) is 0 Å². The van der Waals surface area contributed by atoms with E-state index in [1.165, 1.54) is 31.3 Å². The van der Waals surface area contributed by atoms with Crippen molar-refractivity contribution < 1.29 is 9.90 Å². The van der Waals surface area contributed by atoms with E-state index >= 15 is 0 Å². The third-order valence-corrected chi connectivity index (χ3v) is 9.48. The van der Waals surface area contributed by atoms with Crippen LogP contribution in [0.25, 0.3) is 0 Å². The molecule has 1 spiro atoms. The number of rotatable bonds is 0. The van der Waals surface area contributed by atoms with Gasteiger partial charge in [0.15, 0.2) is 5.78 Å². The molecule has 4 fully saturated rings. The van der Waals surface area contributed by atoms with E-state index in [9.17, 15) is 9.90 Å². The molecule has 0 bridgehead atoms. The molecule has 5 aliphatic carbocycles. The fourth-order valence-corrected chi connectivity index (χ4v) is 8.14. The topological polar surface area (TPSA) is 37.3 Å². The molecule has 0 amide bonds. The standard InChI is InChI=1S/C19H25BrO2/c1-18-7-6-12-11-3-5-15(21)17(20)13(11)2-4-14(12)19(18)9-10(19)8-16(18)22/h10-12,14,16,22H,2-9H2,1H3/t10-,11-,12-,14-,16-,18-,19+/m1/s1. The van der Waals surface area contributed by atoms with Gasteiger partial charge in [-0.15, -0.1) is 0 Å². The Morgan fingerprint density at radius 1 is 1.23 bits per heavy atom. The molecule has 5 rings (SSSR count). The van der Waals surface area contributed by atoms with E-state index in [2.05, 4.69) is 22.9 Å². The Balaban J connectivity index is 1.54. The van der Waals surface area contributed by atoms with Crippen molar-refractivity contribution in [3.63, 3.8) is 0 Å². The molecule has 22 heavy (non-hydrogen) atoms. The van der Waals surface area contributed by atoms with E-state index in [0.717, 1.165) is 47.9 Å². The second-order valence-corrected chi connectivity index (χ2v) is 9.66. The first-order valence-electron chi connectivity index (χ1n) is 9.09. The summed E-state index contributed by atoms with van der Waals surface area (Å²) in [7, 11) is 0. The maximum absolute atomic E-state index is 12.0. The first-order valence-corrected chi connectivity index (χ1v) is 9.88. The lowest BCUT2D eigenvalue weighted by molar-refractivity contribution is -0.117. The van der Waals surface area contributed by atoms with E-state index < -0.39 is 0 Å². The van der Waals surface area contributed by atoms with Gasteiger partial charge in [0.25, 0.3) is 0 Å². The third kappa shape index (κ3) is 1.45. The van der Waals surface area contributed by atoms with Gasteiger partial charge in [-0.25, -0.2) is 0 Å². The lowest BCUT2D eigenvalue weighted by atomic mass is 9.49. The highest BCUT2D eigenvalue weighted by Crippen LogP contribution is 2.81. The molecule has 0 aliphatic heterocycles. The van der Waals surface area contributed by atoms with E-state index in [4.69, 9.17) is 0 Å². The first kappa shape index (κ1) is 14.2. The molecular weight excluding hydrogens is 340 g/mol. The van der Waals surface area contributed by atoms with Crippen LogP contribution in [0.15, 0.2) is 10.1 Å². The summed E-state index contributed by atoms with van der Waals surface area (Å²) >= 11 is 3.60. The van der Waals surface area contributed by atoms with Crippen LogP contribution in [0.3, 0.4) is 0 Å². The third-order valence-electron chi connectivity index (χ3n) is 8.53. The monoisotopic (exact) mass is 364 g/mol. The Bertz CT molecular complexity index is 596. The Hall–Kier alpha value is -0.150. The van der Waals surface area contributed by atoms with Crippen LogP contribution in [0.4, 0.5) is 0 Å². The predicted molar refractivity (Wildman–Crippen MR) is 88.4 cm³/mol. The number of fused-ring (bicyclic) bond motifs is 3. The number of carbonyl (C=O) groups is 1. The average Bonchev–Trinajstić information content (AvgIpc) is 3.16. The van der Waals surface area contributed by atoms with Crippen molar-refractivity contribution in [2.45, 2.75) is 64.4 Å². The predicted octanol–water partition coefficient (Wildman–Crippen LogP) is 4.21. The molecule has 2 nitrogen and oxygen atoms in total. The largest absolute Gasteiger partial charge is 0.393 e. The number of carbonyl (C=O) groups excluding carboxylic acids is 1. The highest BCUT2D eigenvalue weighted by Gasteiger charge is 2.76. The van der Waals surface area contributed by atoms with Gasteiger partial charge in [0, 0.05) is 6.42 Å². The fourth-order valence-electron chi connectivity index (χ4n) is 7.45. The molecule has 0 unspecified atom stereocenters. The number of aliphatic hydroxyl groups excluding tert-OH is 1. The van der Waals surface area contributed by atoms with Crippen molar-refractivity contribution in [3.05, 3.63) is 10.1 Å². The summed E-state index contributed by atoms with van der Waals surface area (Å²) in [6.45, 7) is 2.38. The van der Waals surface area contributed by atoms with Gasteiger partial charge in [-0.3, -0.25) is 4.79 Å². The van der Waals surface area contributed by atoms with Crippen LogP contribution in [-0.2, 0) is 4.79 Å². The second-order valence-electron chi connectivity index (χ2n) is 8.87. The molecule has 0 aromatic rings.